The van der Waals surface area contributed by atoms with Gasteiger partial charge in [-0.3, -0.25) is 4.79 Å². The van der Waals surface area contributed by atoms with E-state index in [2.05, 4.69) is 39.9 Å². The first-order valence-electron chi connectivity index (χ1n) is 12.2. The maximum atomic E-state index is 12.6. The van der Waals surface area contributed by atoms with Crippen molar-refractivity contribution in [3.05, 3.63) is 130 Å². The number of hydrogen-bond donors (Lipinski definition) is 2. The number of para-hydroxylation sites is 1. The summed E-state index contributed by atoms with van der Waals surface area (Å²) in [5.41, 5.74) is 8.79. The van der Waals surface area contributed by atoms with Gasteiger partial charge in [-0.15, -0.1) is 11.3 Å². The minimum atomic E-state index is -0.306. The fraction of sp³-hybridized carbons (Fsp3) is 0.0645. The molecule has 0 radical (unpaired) electrons. The first-order chi connectivity index (χ1) is 19.0. The molecule has 1 aromatic heterocycles. The van der Waals surface area contributed by atoms with E-state index in [1.807, 2.05) is 78.2 Å². The first-order valence-corrected chi connectivity index (χ1v) is 13.5. The lowest BCUT2D eigenvalue weighted by Crippen LogP contribution is -2.17. The number of rotatable bonds is 9. The number of halogens is 1. The number of anilines is 2. The molecule has 0 spiro atoms. The Balaban J connectivity index is 1.17. The zero-order chi connectivity index (χ0) is 27.0. The van der Waals surface area contributed by atoms with Gasteiger partial charge in [-0.25, -0.2) is 10.4 Å². The number of carbonyl (C=O) groups is 1. The maximum Gasteiger partial charge on any atom is 0.271 e. The van der Waals surface area contributed by atoms with Gasteiger partial charge in [0.1, 0.15) is 12.4 Å². The summed E-state index contributed by atoms with van der Waals surface area (Å²) < 4.78 is 5.98. The molecule has 194 valence electrons. The molecule has 0 saturated carbocycles. The Hall–Kier alpha value is -4.46. The van der Waals surface area contributed by atoms with Crippen LogP contribution >= 0.6 is 22.9 Å². The molecule has 0 atom stereocenters. The molecule has 1 heterocycles. The van der Waals surface area contributed by atoms with E-state index < -0.39 is 0 Å². The van der Waals surface area contributed by atoms with Crippen molar-refractivity contribution in [2.75, 3.05) is 5.32 Å². The molecule has 2 N–H and O–H groups in total. The average Bonchev–Trinajstić information content (AvgIpc) is 3.43. The van der Waals surface area contributed by atoms with Gasteiger partial charge in [0.05, 0.1) is 11.9 Å². The van der Waals surface area contributed by atoms with Crippen molar-refractivity contribution in [2.45, 2.75) is 13.5 Å². The molecule has 0 aliphatic carbocycles. The van der Waals surface area contributed by atoms with Crippen LogP contribution in [0.1, 0.15) is 27.0 Å². The van der Waals surface area contributed by atoms with Crippen molar-refractivity contribution < 1.29 is 9.53 Å². The van der Waals surface area contributed by atoms with Crippen LogP contribution < -0.4 is 15.5 Å². The largest absolute Gasteiger partial charge is 0.488 e. The lowest BCUT2D eigenvalue weighted by Gasteiger charge is -2.09. The molecule has 0 saturated heterocycles. The topological polar surface area (TPSA) is 75.6 Å². The van der Waals surface area contributed by atoms with Crippen molar-refractivity contribution in [1.29, 1.82) is 0 Å². The maximum absolute atomic E-state index is 12.6. The predicted octanol–water partition coefficient (Wildman–Crippen LogP) is 7.86. The van der Waals surface area contributed by atoms with Gasteiger partial charge < -0.3 is 10.1 Å². The van der Waals surface area contributed by atoms with Crippen LogP contribution in [-0.2, 0) is 6.61 Å². The standard InChI is InChI=1S/C31H25ClN4O2S/c1-21-6-8-22(9-7-21)19-38-29-5-3-2-4-25(29)18-33-36-30(37)24-12-10-23(11-13-24)28-20-39-31(35-28)34-27-16-14-26(32)15-17-27/h2-18,20H,19H2,1H3,(H,34,35)(H,36,37)/b33-18-. The molecule has 0 unspecified atom stereocenters. The summed E-state index contributed by atoms with van der Waals surface area (Å²) in [6, 6.07) is 30.5. The minimum Gasteiger partial charge on any atom is -0.488 e. The zero-order valence-electron chi connectivity index (χ0n) is 21.1. The molecule has 39 heavy (non-hydrogen) atoms. The Morgan fingerprint density at radius 2 is 1.72 bits per heavy atom. The zero-order valence-corrected chi connectivity index (χ0v) is 22.7. The second-order valence-electron chi connectivity index (χ2n) is 8.76. The highest BCUT2D eigenvalue weighted by Gasteiger charge is 2.09. The number of aromatic nitrogens is 1. The number of thiazole rings is 1. The van der Waals surface area contributed by atoms with Crippen LogP contribution in [0.5, 0.6) is 5.75 Å². The second kappa shape index (κ2) is 12.4. The number of benzene rings is 4. The monoisotopic (exact) mass is 552 g/mol. The summed E-state index contributed by atoms with van der Waals surface area (Å²) in [6.07, 6.45) is 1.58. The van der Waals surface area contributed by atoms with Crippen LogP contribution in [0.15, 0.2) is 108 Å². The molecular formula is C31H25ClN4O2S. The van der Waals surface area contributed by atoms with Crippen molar-refractivity contribution >= 4 is 45.9 Å². The van der Waals surface area contributed by atoms with Gasteiger partial charge in [-0.2, -0.15) is 5.10 Å². The third kappa shape index (κ3) is 7.10. The summed E-state index contributed by atoms with van der Waals surface area (Å²) in [7, 11) is 0. The van der Waals surface area contributed by atoms with E-state index in [9.17, 15) is 4.79 Å². The Kier molecular flexibility index (Phi) is 8.31. The Morgan fingerprint density at radius 1 is 0.974 bits per heavy atom. The number of amides is 1. The van der Waals surface area contributed by atoms with Gasteiger partial charge in [0.15, 0.2) is 5.13 Å². The van der Waals surface area contributed by atoms with E-state index in [1.54, 1.807) is 18.3 Å². The molecule has 4 aromatic carbocycles. The third-order valence-electron chi connectivity index (χ3n) is 5.85. The fourth-order valence-electron chi connectivity index (χ4n) is 3.70. The van der Waals surface area contributed by atoms with Crippen LogP contribution in [0.2, 0.25) is 5.02 Å². The van der Waals surface area contributed by atoms with Crippen molar-refractivity contribution in [1.82, 2.24) is 10.4 Å². The molecule has 5 rings (SSSR count). The van der Waals surface area contributed by atoms with Crippen molar-refractivity contribution in [3.8, 4) is 17.0 Å². The normalized spacial score (nSPS) is 10.9. The van der Waals surface area contributed by atoms with E-state index in [-0.39, 0.29) is 5.91 Å². The van der Waals surface area contributed by atoms with Gasteiger partial charge in [0.2, 0.25) is 0 Å². The molecule has 0 aliphatic rings. The van der Waals surface area contributed by atoms with Crippen LogP contribution in [0.4, 0.5) is 10.8 Å². The average molecular weight is 553 g/mol. The van der Waals surface area contributed by atoms with Crippen LogP contribution in [0, 0.1) is 6.92 Å². The summed E-state index contributed by atoms with van der Waals surface area (Å²) >= 11 is 7.45. The highest BCUT2D eigenvalue weighted by molar-refractivity contribution is 7.14. The van der Waals surface area contributed by atoms with Crippen LogP contribution in [0.3, 0.4) is 0 Å². The van der Waals surface area contributed by atoms with Gasteiger partial charge >= 0.3 is 0 Å². The van der Waals surface area contributed by atoms with E-state index in [4.69, 9.17) is 16.3 Å². The van der Waals surface area contributed by atoms with Crippen molar-refractivity contribution in [2.24, 2.45) is 5.10 Å². The lowest BCUT2D eigenvalue weighted by molar-refractivity contribution is 0.0955. The summed E-state index contributed by atoms with van der Waals surface area (Å²) in [5, 5.41) is 10.8. The number of nitrogens with one attached hydrogen (secondary N) is 2. The molecule has 6 nitrogen and oxygen atoms in total. The Labute approximate surface area is 236 Å². The minimum absolute atomic E-state index is 0.306. The second-order valence-corrected chi connectivity index (χ2v) is 10.1. The smallest absolute Gasteiger partial charge is 0.271 e. The molecular weight excluding hydrogens is 528 g/mol. The third-order valence-corrected chi connectivity index (χ3v) is 6.86. The van der Waals surface area contributed by atoms with Gasteiger partial charge in [-0.05, 0) is 61.0 Å². The molecule has 0 bridgehead atoms. The number of ether oxygens (including phenoxy) is 1. The van der Waals surface area contributed by atoms with Crippen LogP contribution in [0.25, 0.3) is 11.3 Å². The molecule has 8 heteroatoms. The quantitative estimate of drug-likeness (QED) is 0.144. The SMILES string of the molecule is Cc1ccc(COc2ccccc2/C=N\NC(=O)c2ccc(-c3csc(Nc4ccc(Cl)cc4)n3)cc2)cc1. The Morgan fingerprint density at radius 3 is 2.49 bits per heavy atom. The van der Waals surface area contributed by atoms with E-state index >= 15 is 0 Å². The number of hydrazone groups is 1. The molecule has 5 aromatic rings. The summed E-state index contributed by atoms with van der Waals surface area (Å²) in [5.74, 6) is 0.382. The molecule has 0 aliphatic heterocycles. The number of aryl methyl sites for hydroxylation is 1. The first kappa shape index (κ1) is 26.2. The lowest BCUT2D eigenvalue weighted by atomic mass is 10.1. The number of nitrogens with zero attached hydrogens (tertiary/aromatic N) is 2. The van der Waals surface area contributed by atoms with E-state index in [1.165, 1.54) is 16.9 Å². The van der Waals surface area contributed by atoms with Gasteiger partial charge in [0.25, 0.3) is 5.91 Å². The van der Waals surface area contributed by atoms with Crippen LogP contribution in [-0.4, -0.2) is 17.1 Å². The number of hydrogen-bond acceptors (Lipinski definition) is 6. The highest BCUT2D eigenvalue weighted by atomic mass is 35.5. The van der Waals surface area contributed by atoms with E-state index in [0.29, 0.717) is 22.9 Å². The molecule has 1 amide bonds. The predicted molar refractivity (Wildman–Crippen MR) is 159 cm³/mol. The molecule has 0 fully saturated rings. The van der Waals surface area contributed by atoms with E-state index in [0.717, 1.165) is 33.2 Å². The summed E-state index contributed by atoms with van der Waals surface area (Å²) in [6.45, 7) is 2.50. The fourth-order valence-corrected chi connectivity index (χ4v) is 4.57. The Bertz CT molecular complexity index is 1580. The van der Waals surface area contributed by atoms with Gasteiger partial charge in [-0.1, -0.05) is 65.7 Å². The van der Waals surface area contributed by atoms with Gasteiger partial charge in [0, 0.05) is 32.8 Å². The summed E-state index contributed by atoms with van der Waals surface area (Å²) in [4.78, 5) is 17.3. The highest BCUT2D eigenvalue weighted by Crippen LogP contribution is 2.28. The number of carbonyl (C=O) groups excluding carboxylic acids is 1. The van der Waals surface area contributed by atoms with Crippen molar-refractivity contribution in [3.63, 3.8) is 0 Å².